The molecule has 0 saturated carbocycles. The van der Waals surface area contributed by atoms with Gasteiger partial charge in [0.2, 0.25) is 0 Å². The van der Waals surface area contributed by atoms with Crippen LogP contribution in [-0.2, 0) is 4.79 Å². The molecule has 0 spiro atoms. The lowest BCUT2D eigenvalue weighted by atomic mass is 9.92. The number of nitrogens with zero attached hydrogens (tertiary/aromatic N) is 1. The fourth-order valence-corrected chi connectivity index (χ4v) is 3.23. The average molecular weight is 308 g/mol. The molecule has 3 nitrogen and oxygen atoms in total. The highest BCUT2D eigenvalue weighted by Gasteiger charge is 2.20. The van der Waals surface area contributed by atoms with E-state index in [-0.39, 0.29) is 0 Å². The van der Waals surface area contributed by atoms with Gasteiger partial charge in [-0.15, -0.1) is 0 Å². The van der Waals surface area contributed by atoms with Gasteiger partial charge in [-0.1, -0.05) is 37.4 Å². The monoisotopic (exact) mass is 307 g/mol. The van der Waals surface area contributed by atoms with Crippen LogP contribution >= 0.6 is 11.6 Å². The summed E-state index contributed by atoms with van der Waals surface area (Å²) >= 11 is 6.35. The van der Waals surface area contributed by atoms with Crippen LogP contribution < -0.4 is 4.90 Å². The molecule has 1 saturated heterocycles. The normalized spacial score (nSPS) is 16.6. The minimum absolute atomic E-state index is 0.691. The molecule has 1 fully saturated rings. The van der Waals surface area contributed by atoms with E-state index in [1.807, 2.05) is 18.2 Å². The van der Waals surface area contributed by atoms with Gasteiger partial charge in [0.25, 0.3) is 0 Å². The smallest absolute Gasteiger partial charge is 0.328 e. The van der Waals surface area contributed by atoms with Crippen molar-refractivity contribution in [1.82, 2.24) is 0 Å². The third kappa shape index (κ3) is 4.50. The maximum absolute atomic E-state index is 10.5. The summed E-state index contributed by atoms with van der Waals surface area (Å²) in [6, 6.07) is 5.73. The molecule has 1 aliphatic heterocycles. The Hall–Kier alpha value is -1.48. The number of halogens is 1. The molecule has 0 unspecified atom stereocenters. The molecule has 1 aromatic carbocycles. The molecule has 0 bridgehead atoms. The third-order valence-corrected chi connectivity index (χ3v) is 4.34. The highest BCUT2D eigenvalue weighted by Crippen LogP contribution is 2.31. The molecule has 0 atom stereocenters. The van der Waals surface area contributed by atoms with Gasteiger partial charge >= 0.3 is 5.97 Å². The zero-order valence-corrected chi connectivity index (χ0v) is 13.1. The van der Waals surface area contributed by atoms with Crippen LogP contribution in [0.5, 0.6) is 0 Å². The van der Waals surface area contributed by atoms with Gasteiger partial charge in [-0.25, -0.2) is 4.79 Å². The van der Waals surface area contributed by atoms with Crippen molar-refractivity contribution in [2.45, 2.75) is 32.6 Å². The van der Waals surface area contributed by atoms with Crippen LogP contribution in [0, 0.1) is 5.92 Å². The van der Waals surface area contributed by atoms with Crippen molar-refractivity contribution in [3.8, 4) is 0 Å². The number of hydrogen-bond donors (Lipinski definition) is 1. The SMILES string of the molecule is CCCC1CCN(c2ccc(/C=C/C(=O)O)cc2Cl)CC1. The zero-order valence-electron chi connectivity index (χ0n) is 12.4. The molecule has 2 rings (SSSR count). The van der Waals surface area contributed by atoms with Gasteiger partial charge in [-0.05, 0) is 42.5 Å². The van der Waals surface area contributed by atoms with Gasteiger partial charge < -0.3 is 10.0 Å². The fraction of sp³-hybridized carbons (Fsp3) is 0.471. The van der Waals surface area contributed by atoms with Crippen LogP contribution in [0.1, 0.15) is 38.2 Å². The fourth-order valence-electron chi connectivity index (χ4n) is 2.92. The maximum atomic E-state index is 10.5. The predicted molar refractivity (Wildman–Crippen MR) is 88.0 cm³/mol. The molecule has 0 aromatic heterocycles. The Morgan fingerprint density at radius 1 is 1.43 bits per heavy atom. The van der Waals surface area contributed by atoms with Crippen molar-refractivity contribution in [3.05, 3.63) is 34.9 Å². The van der Waals surface area contributed by atoms with Crippen molar-refractivity contribution >= 4 is 29.3 Å². The van der Waals surface area contributed by atoms with Gasteiger partial charge in [0.15, 0.2) is 0 Å². The number of carboxylic acids is 1. The lowest BCUT2D eigenvalue weighted by Gasteiger charge is -2.34. The summed E-state index contributed by atoms with van der Waals surface area (Å²) in [4.78, 5) is 12.9. The number of rotatable bonds is 5. The maximum Gasteiger partial charge on any atom is 0.328 e. The molecule has 1 aromatic rings. The quantitative estimate of drug-likeness (QED) is 0.817. The van der Waals surface area contributed by atoms with E-state index in [9.17, 15) is 4.79 Å². The summed E-state index contributed by atoms with van der Waals surface area (Å²) in [7, 11) is 0. The van der Waals surface area contributed by atoms with Crippen molar-refractivity contribution in [2.24, 2.45) is 5.92 Å². The van der Waals surface area contributed by atoms with E-state index in [1.165, 1.54) is 25.7 Å². The van der Waals surface area contributed by atoms with Crippen LogP contribution in [0.15, 0.2) is 24.3 Å². The number of hydrogen-bond acceptors (Lipinski definition) is 2. The average Bonchev–Trinajstić information content (AvgIpc) is 2.47. The molecule has 1 N–H and O–H groups in total. The Bertz CT molecular complexity index is 520. The Labute approximate surface area is 131 Å². The van der Waals surface area contributed by atoms with Crippen molar-refractivity contribution in [1.29, 1.82) is 0 Å². The lowest BCUT2D eigenvalue weighted by molar-refractivity contribution is -0.131. The highest BCUT2D eigenvalue weighted by atomic mass is 35.5. The minimum atomic E-state index is -0.951. The predicted octanol–water partition coefficient (Wildman–Crippen LogP) is 4.45. The topological polar surface area (TPSA) is 40.5 Å². The molecule has 21 heavy (non-hydrogen) atoms. The molecule has 1 heterocycles. The second-order valence-electron chi connectivity index (χ2n) is 5.60. The van der Waals surface area contributed by atoms with Gasteiger partial charge in [0.05, 0.1) is 10.7 Å². The van der Waals surface area contributed by atoms with E-state index in [1.54, 1.807) is 6.08 Å². The minimum Gasteiger partial charge on any atom is -0.478 e. The van der Waals surface area contributed by atoms with Crippen LogP contribution in [-0.4, -0.2) is 24.2 Å². The van der Waals surface area contributed by atoms with Crippen LogP contribution in [0.2, 0.25) is 5.02 Å². The van der Waals surface area contributed by atoms with E-state index in [0.717, 1.165) is 36.3 Å². The van der Waals surface area contributed by atoms with Gasteiger partial charge in [-0.3, -0.25) is 0 Å². The summed E-state index contributed by atoms with van der Waals surface area (Å²) in [6.45, 7) is 4.34. The molecule has 0 radical (unpaired) electrons. The summed E-state index contributed by atoms with van der Waals surface area (Å²) in [6.07, 6.45) is 7.72. The molecule has 0 aliphatic carbocycles. The van der Waals surface area contributed by atoms with Gasteiger partial charge in [0.1, 0.15) is 0 Å². The first-order chi connectivity index (χ1) is 10.1. The standard InChI is InChI=1S/C17H22ClNO2/c1-2-3-13-8-10-19(11-9-13)16-6-4-14(12-15(16)18)5-7-17(20)21/h4-7,12-13H,2-3,8-11H2,1H3,(H,20,21)/b7-5+. The van der Waals surface area contributed by atoms with Gasteiger partial charge in [-0.2, -0.15) is 0 Å². The zero-order chi connectivity index (χ0) is 15.2. The summed E-state index contributed by atoms with van der Waals surface area (Å²) in [5.74, 6) is -0.101. The molecular formula is C17H22ClNO2. The number of anilines is 1. The van der Waals surface area contributed by atoms with E-state index < -0.39 is 5.97 Å². The Kier molecular flexibility index (Phi) is 5.68. The highest BCUT2D eigenvalue weighted by molar-refractivity contribution is 6.33. The van der Waals surface area contributed by atoms with E-state index >= 15 is 0 Å². The first kappa shape index (κ1) is 15.9. The summed E-state index contributed by atoms with van der Waals surface area (Å²) in [5, 5.41) is 9.33. The molecule has 1 aliphatic rings. The molecule has 114 valence electrons. The third-order valence-electron chi connectivity index (χ3n) is 4.04. The number of carboxylic acid groups (broad SMARTS) is 1. The van der Waals surface area contributed by atoms with Crippen LogP contribution in [0.25, 0.3) is 6.08 Å². The number of carbonyl (C=O) groups is 1. The molecule has 0 amide bonds. The largest absolute Gasteiger partial charge is 0.478 e. The van der Waals surface area contributed by atoms with Crippen molar-refractivity contribution in [3.63, 3.8) is 0 Å². The first-order valence-electron chi connectivity index (χ1n) is 7.55. The van der Waals surface area contributed by atoms with Crippen LogP contribution in [0.4, 0.5) is 5.69 Å². The Morgan fingerprint density at radius 2 is 2.14 bits per heavy atom. The second kappa shape index (κ2) is 7.51. The lowest BCUT2D eigenvalue weighted by Crippen LogP contribution is -2.33. The second-order valence-corrected chi connectivity index (χ2v) is 6.01. The summed E-state index contributed by atoms with van der Waals surface area (Å²) in [5.41, 5.74) is 1.87. The Balaban J connectivity index is 2.03. The van der Waals surface area contributed by atoms with E-state index in [2.05, 4.69) is 11.8 Å². The van der Waals surface area contributed by atoms with Crippen molar-refractivity contribution < 1.29 is 9.90 Å². The number of aliphatic carboxylic acids is 1. The molecule has 4 heteroatoms. The van der Waals surface area contributed by atoms with Gasteiger partial charge in [0, 0.05) is 19.2 Å². The number of benzene rings is 1. The Morgan fingerprint density at radius 3 is 2.71 bits per heavy atom. The molecular weight excluding hydrogens is 286 g/mol. The van der Waals surface area contributed by atoms with Crippen LogP contribution in [0.3, 0.4) is 0 Å². The van der Waals surface area contributed by atoms with Crippen molar-refractivity contribution in [2.75, 3.05) is 18.0 Å². The van der Waals surface area contributed by atoms with E-state index in [4.69, 9.17) is 16.7 Å². The van der Waals surface area contributed by atoms with E-state index in [0.29, 0.717) is 5.02 Å². The first-order valence-corrected chi connectivity index (χ1v) is 7.93. The number of piperidine rings is 1. The summed E-state index contributed by atoms with van der Waals surface area (Å²) < 4.78 is 0.